The zero-order chi connectivity index (χ0) is 14.3. The van der Waals surface area contributed by atoms with Crippen LogP contribution in [0.25, 0.3) is 10.9 Å². The quantitative estimate of drug-likeness (QED) is 0.785. The Morgan fingerprint density at radius 1 is 1.55 bits per heavy atom. The van der Waals surface area contributed by atoms with Crippen LogP contribution in [0.4, 0.5) is 0 Å². The second-order valence-corrected chi connectivity index (χ2v) is 4.99. The first-order valence-electron chi connectivity index (χ1n) is 5.69. The molecule has 0 fully saturated rings. The summed E-state index contributed by atoms with van der Waals surface area (Å²) in [4.78, 5) is 23.5. The van der Waals surface area contributed by atoms with Gasteiger partial charge in [-0.2, -0.15) is 16.4 Å². The number of hydrogen-bond acceptors (Lipinski definition) is 6. The molecule has 8 heteroatoms. The lowest BCUT2D eigenvalue weighted by atomic mass is 10.2. The molecule has 0 radical (unpaired) electrons. The van der Waals surface area contributed by atoms with E-state index in [4.69, 9.17) is 4.52 Å². The van der Waals surface area contributed by atoms with Crippen molar-refractivity contribution in [2.75, 3.05) is 0 Å². The Balaban J connectivity index is 2.26. The summed E-state index contributed by atoms with van der Waals surface area (Å²) in [5.74, 6) is -0.954. The van der Waals surface area contributed by atoms with Gasteiger partial charge in [-0.1, -0.05) is 5.16 Å². The highest BCUT2D eigenvalue weighted by molar-refractivity contribution is 7.07. The molecule has 102 valence electrons. The van der Waals surface area contributed by atoms with Crippen LogP contribution in [0.2, 0.25) is 0 Å². The first-order valence-corrected chi connectivity index (χ1v) is 6.63. The minimum Gasteiger partial charge on any atom is -0.476 e. The smallest absolute Gasteiger partial charge is 0.357 e. The summed E-state index contributed by atoms with van der Waals surface area (Å²) in [5, 5.41) is 20.7. The lowest BCUT2D eigenvalue weighted by Gasteiger charge is -2.04. The van der Waals surface area contributed by atoms with Crippen LogP contribution in [0, 0.1) is 6.92 Å². The minimum absolute atomic E-state index is 0.00914. The predicted octanol–water partition coefficient (Wildman–Crippen LogP) is 1.50. The number of carboxylic acid groups (broad SMARTS) is 1. The van der Waals surface area contributed by atoms with Gasteiger partial charge in [-0.05, 0) is 29.3 Å². The molecule has 3 aromatic heterocycles. The second-order valence-electron chi connectivity index (χ2n) is 4.21. The molecule has 0 aliphatic carbocycles. The number of fused-ring (bicyclic) bond motifs is 1. The SMILES string of the molecule is Cc1onc2c(=O)n(Cc3ccsc3)nc(C(=O)O)c12. The molecule has 0 aliphatic rings. The maximum absolute atomic E-state index is 12.2. The van der Waals surface area contributed by atoms with Crippen molar-refractivity contribution in [2.24, 2.45) is 0 Å². The van der Waals surface area contributed by atoms with Gasteiger partial charge < -0.3 is 9.63 Å². The monoisotopic (exact) mass is 291 g/mol. The first-order chi connectivity index (χ1) is 9.58. The highest BCUT2D eigenvalue weighted by Crippen LogP contribution is 2.18. The van der Waals surface area contributed by atoms with Gasteiger partial charge in [-0.15, -0.1) is 0 Å². The van der Waals surface area contributed by atoms with E-state index >= 15 is 0 Å². The Kier molecular flexibility index (Phi) is 2.87. The molecule has 20 heavy (non-hydrogen) atoms. The van der Waals surface area contributed by atoms with Crippen molar-refractivity contribution in [3.8, 4) is 0 Å². The van der Waals surface area contributed by atoms with E-state index in [9.17, 15) is 14.7 Å². The Labute approximate surface area is 116 Å². The molecule has 3 heterocycles. The number of aromatic carboxylic acids is 1. The molecule has 0 aromatic carbocycles. The van der Waals surface area contributed by atoms with Crippen LogP contribution in [0.15, 0.2) is 26.1 Å². The van der Waals surface area contributed by atoms with Crippen LogP contribution in [-0.2, 0) is 6.54 Å². The molecule has 3 aromatic rings. The lowest BCUT2D eigenvalue weighted by molar-refractivity contribution is 0.0690. The molecule has 0 saturated carbocycles. The van der Waals surface area contributed by atoms with Gasteiger partial charge >= 0.3 is 5.97 Å². The first kappa shape index (κ1) is 12.5. The summed E-state index contributed by atoms with van der Waals surface area (Å²) in [7, 11) is 0. The van der Waals surface area contributed by atoms with Crippen LogP contribution in [0.3, 0.4) is 0 Å². The maximum atomic E-state index is 12.2. The number of rotatable bonds is 3. The fraction of sp³-hybridized carbons (Fsp3) is 0.167. The van der Waals surface area contributed by atoms with E-state index in [0.717, 1.165) is 10.2 Å². The van der Waals surface area contributed by atoms with Crippen molar-refractivity contribution in [1.82, 2.24) is 14.9 Å². The van der Waals surface area contributed by atoms with Crippen molar-refractivity contribution >= 4 is 28.2 Å². The van der Waals surface area contributed by atoms with Gasteiger partial charge in [0.05, 0.1) is 11.9 Å². The number of carbonyl (C=O) groups is 1. The number of carboxylic acids is 1. The third kappa shape index (κ3) is 1.90. The van der Waals surface area contributed by atoms with Gasteiger partial charge in [0, 0.05) is 0 Å². The average Bonchev–Trinajstić information content (AvgIpc) is 3.03. The summed E-state index contributed by atoms with van der Waals surface area (Å²) in [6.07, 6.45) is 0. The maximum Gasteiger partial charge on any atom is 0.357 e. The van der Waals surface area contributed by atoms with Gasteiger partial charge in [-0.3, -0.25) is 4.79 Å². The van der Waals surface area contributed by atoms with E-state index in [0.29, 0.717) is 0 Å². The van der Waals surface area contributed by atoms with E-state index < -0.39 is 11.5 Å². The summed E-state index contributed by atoms with van der Waals surface area (Å²) in [6, 6.07) is 1.84. The number of aromatic nitrogens is 3. The standard InChI is InChI=1S/C12H9N3O4S/c1-6-8-9(14-19-6)11(16)15(13-10(8)12(17)18)4-7-2-3-20-5-7/h2-3,5H,4H2,1H3,(H,17,18). The van der Waals surface area contributed by atoms with Crippen LogP contribution in [-0.4, -0.2) is 26.0 Å². The Morgan fingerprint density at radius 2 is 2.35 bits per heavy atom. The van der Waals surface area contributed by atoms with Crippen LogP contribution >= 0.6 is 11.3 Å². The molecule has 0 atom stereocenters. The summed E-state index contributed by atoms with van der Waals surface area (Å²) in [6.45, 7) is 1.75. The Morgan fingerprint density at radius 3 is 3.00 bits per heavy atom. The number of hydrogen-bond donors (Lipinski definition) is 1. The highest BCUT2D eigenvalue weighted by Gasteiger charge is 2.21. The fourth-order valence-corrected chi connectivity index (χ4v) is 2.61. The van der Waals surface area contributed by atoms with Crippen molar-refractivity contribution < 1.29 is 14.4 Å². The van der Waals surface area contributed by atoms with E-state index in [-0.39, 0.29) is 28.9 Å². The number of nitrogens with zero attached hydrogens (tertiary/aromatic N) is 3. The molecule has 0 aliphatic heterocycles. The molecule has 0 amide bonds. The zero-order valence-electron chi connectivity index (χ0n) is 10.4. The summed E-state index contributed by atoms with van der Waals surface area (Å²) < 4.78 is 6.01. The number of thiophene rings is 1. The highest BCUT2D eigenvalue weighted by atomic mass is 32.1. The fourth-order valence-electron chi connectivity index (χ4n) is 1.95. The minimum atomic E-state index is -1.22. The van der Waals surface area contributed by atoms with Crippen molar-refractivity contribution in [2.45, 2.75) is 13.5 Å². The van der Waals surface area contributed by atoms with E-state index in [2.05, 4.69) is 10.3 Å². The van der Waals surface area contributed by atoms with E-state index in [1.807, 2.05) is 16.8 Å². The molecular formula is C12H9N3O4S. The lowest BCUT2D eigenvalue weighted by Crippen LogP contribution is -2.26. The van der Waals surface area contributed by atoms with E-state index in [1.165, 1.54) is 11.3 Å². The molecule has 3 rings (SSSR count). The van der Waals surface area contributed by atoms with Gasteiger partial charge in [0.15, 0.2) is 11.2 Å². The molecule has 1 N–H and O–H groups in total. The van der Waals surface area contributed by atoms with Crippen molar-refractivity contribution in [3.63, 3.8) is 0 Å². The van der Waals surface area contributed by atoms with Crippen LogP contribution < -0.4 is 5.56 Å². The molecule has 0 spiro atoms. The largest absolute Gasteiger partial charge is 0.476 e. The molecule has 7 nitrogen and oxygen atoms in total. The van der Waals surface area contributed by atoms with Gasteiger partial charge in [0.2, 0.25) is 0 Å². The summed E-state index contributed by atoms with van der Waals surface area (Å²) >= 11 is 1.49. The normalized spacial score (nSPS) is 11.1. The predicted molar refractivity (Wildman–Crippen MR) is 71.2 cm³/mol. The zero-order valence-corrected chi connectivity index (χ0v) is 11.2. The van der Waals surface area contributed by atoms with E-state index in [1.54, 1.807) is 6.92 Å². The second kappa shape index (κ2) is 4.57. The number of aryl methyl sites for hydroxylation is 1. The molecular weight excluding hydrogens is 282 g/mol. The molecule has 0 bridgehead atoms. The van der Waals surface area contributed by atoms with Gasteiger partial charge in [0.1, 0.15) is 5.76 Å². The Bertz CT molecular complexity index is 848. The molecule has 0 saturated heterocycles. The summed E-state index contributed by atoms with van der Waals surface area (Å²) in [5.41, 5.74) is 0.173. The van der Waals surface area contributed by atoms with Gasteiger partial charge in [-0.25, -0.2) is 9.48 Å². The Hall–Kier alpha value is -2.48. The average molecular weight is 291 g/mol. The van der Waals surface area contributed by atoms with Crippen LogP contribution in [0.5, 0.6) is 0 Å². The van der Waals surface area contributed by atoms with Gasteiger partial charge in [0.25, 0.3) is 5.56 Å². The topological polar surface area (TPSA) is 98.2 Å². The third-order valence-electron chi connectivity index (χ3n) is 2.87. The van der Waals surface area contributed by atoms with Crippen molar-refractivity contribution in [1.29, 1.82) is 0 Å². The van der Waals surface area contributed by atoms with Crippen molar-refractivity contribution in [3.05, 3.63) is 44.2 Å². The van der Waals surface area contributed by atoms with Crippen LogP contribution in [0.1, 0.15) is 21.8 Å². The molecule has 0 unspecified atom stereocenters. The third-order valence-corrected chi connectivity index (χ3v) is 3.60.